The van der Waals surface area contributed by atoms with Gasteiger partial charge in [-0.05, 0) is 35.7 Å². The van der Waals surface area contributed by atoms with Crippen LogP contribution < -0.4 is 20.1 Å². The minimum atomic E-state index is -0.233. The number of aromatic nitrogens is 2. The fourth-order valence-corrected chi connectivity index (χ4v) is 3.26. The van der Waals surface area contributed by atoms with Gasteiger partial charge >= 0.3 is 6.03 Å². The molecular weight excluding hydrogens is 356 g/mol. The summed E-state index contributed by atoms with van der Waals surface area (Å²) in [4.78, 5) is 20.5. The zero-order valence-electron chi connectivity index (χ0n) is 16.0. The van der Waals surface area contributed by atoms with Gasteiger partial charge in [0.1, 0.15) is 5.82 Å². The largest absolute Gasteiger partial charge is 0.454 e. The van der Waals surface area contributed by atoms with Gasteiger partial charge in [-0.15, -0.1) is 0 Å². The van der Waals surface area contributed by atoms with Crippen LogP contribution in [0.5, 0.6) is 11.5 Å². The van der Waals surface area contributed by atoms with Gasteiger partial charge in [-0.1, -0.05) is 38.5 Å². The van der Waals surface area contributed by atoms with Crippen LogP contribution in [0.3, 0.4) is 0 Å². The highest BCUT2D eigenvalue weighted by Gasteiger charge is 2.23. The van der Waals surface area contributed by atoms with Crippen molar-refractivity contribution < 1.29 is 14.3 Å². The van der Waals surface area contributed by atoms with Crippen molar-refractivity contribution in [3.05, 3.63) is 53.9 Å². The standard InChI is InChI=1S/C21H24N4O3/c1-3-13(2)19(20-23-15-6-4-5-7-16(15)24-20)25-21(26)22-11-14-8-9-17-18(10-14)28-12-27-17/h4-10,13,19H,3,11-12H2,1-2H3,(H,23,24)(H2,22,25,26)/t13-,19-/m1/s1. The number of hydrogen-bond acceptors (Lipinski definition) is 4. The average Bonchev–Trinajstić information content (AvgIpc) is 3.35. The third-order valence-corrected chi connectivity index (χ3v) is 5.09. The fraction of sp³-hybridized carbons (Fsp3) is 0.333. The number of nitrogens with one attached hydrogen (secondary N) is 3. The highest BCUT2D eigenvalue weighted by molar-refractivity contribution is 5.76. The number of aromatic amines is 1. The lowest BCUT2D eigenvalue weighted by Crippen LogP contribution is -2.40. The third kappa shape index (κ3) is 3.74. The van der Waals surface area contributed by atoms with Gasteiger partial charge in [0.05, 0.1) is 17.1 Å². The Balaban J connectivity index is 1.43. The van der Waals surface area contributed by atoms with E-state index in [1.54, 1.807) is 0 Å². The van der Waals surface area contributed by atoms with Crippen molar-refractivity contribution in [3.8, 4) is 11.5 Å². The van der Waals surface area contributed by atoms with Crippen molar-refractivity contribution in [1.29, 1.82) is 0 Å². The lowest BCUT2D eigenvalue weighted by atomic mass is 9.99. The number of carbonyl (C=O) groups is 1. The Labute approximate surface area is 163 Å². The molecule has 0 spiro atoms. The number of carbonyl (C=O) groups excluding carboxylic acids is 1. The maximum Gasteiger partial charge on any atom is 0.315 e. The number of rotatable bonds is 6. The maximum atomic E-state index is 12.5. The zero-order valence-corrected chi connectivity index (χ0v) is 16.0. The van der Waals surface area contributed by atoms with Crippen LogP contribution in [0.2, 0.25) is 0 Å². The van der Waals surface area contributed by atoms with Crippen molar-refractivity contribution in [2.45, 2.75) is 32.9 Å². The molecule has 7 heteroatoms. The minimum Gasteiger partial charge on any atom is -0.454 e. The number of amides is 2. The first-order chi connectivity index (χ1) is 13.6. The highest BCUT2D eigenvalue weighted by Crippen LogP contribution is 2.32. The number of H-pyrrole nitrogens is 1. The molecular formula is C21H24N4O3. The van der Waals surface area contributed by atoms with Crippen LogP contribution in [-0.2, 0) is 6.54 Å². The van der Waals surface area contributed by atoms with E-state index in [2.05, 4.69) is 34.4 Å². The number of benzene rings is 2. The molecule has 2 atom stereocenters. The average molecular weight is 380 g/mol. The Hall–Kier alpha value is -3.22. The summed E-state index contributed by atoms with van der Waals surface area (Å²) in [5.41, 5.74) is 2.81. The molecule has 1 aliphatic heterocycles. The zero-order chi connectivity index (χ0) is 19.5. The Morgan fingerprint density at radius 3 is 2.86 bits per heavy atom. The summed E-state index contributed by atoms with van der Waals surface area (Å²) in [6, 6.07) is 13.1. The van der Waals surface area contributed by atoms with E-state index in [0.29, 0.717) is 12.3 Å². The van der Waals surface area contributed by atoms with E-state index < -0.39 is 0 Å². The molecule has 2 aromatic carbocycles. The molecule has 146 valence electrons. The fourth-order valence-electron chi connectivity index (χ4n) is 3.26. The van der Waals surface area contributed by atoms with Crippen LogP contribution in [0.1, 0.15) is 37.7 Å². The van der Waals surface area contributed by atoms with Crippen LogP contribution >= 0.6 is 0 Å². The Morgan fingerprint density at radius 2 is 2.04 bits per heavy atom. The molecule has 0 fully saturated rings. The van der Waals surface area contributed by atoms with Gasteiger partial charge in [-0.25, -0.2) is 9.78 Å². The summed E-state index contributed by atoms with van der Waals surface area (Å²) >= 11 is 0. The molecule has 4 rings (SSSR count). The number of para-hydroxylation sites is 2. The summed E-state index contributed by atoms with van der Waals surface area (Å²) in [5.74, 6) is 2.44. The molecule has 0 radical (unpaired) electrons. The number of ether oxygens (including phenoxy) is 2. The normalized spacial score (nSPS) is 14.6. The predicted molar refractivity (Wildman–Crippen MR) is 106 cm³/mol. The van der Waals surface area contributed by atoms with Crippen LogP contribution in [0, 0.1) is 5.92 Å². The quantitative estimate of drug-likeness (QED) is 0.606. The van der Waals surface area contributed by atoms with E-state index in [1.165, 1.54) is 0 Å². The smallest absolute Gasteiger partial charge is 0.315 e. The lowest BCUT2D eigenvalue weighted by molar-refractivity contribution is 0.174. The van der Waals surface area contributed by atoms with Crippen molar-refractivity contribution in [2.75, 3.05) is 6.79 Å². The maximum absolute atomic E-state index is 12.5. The first-order valence-electron chi connectivity index (χ1n) is 9.51. The molecule has 0 saturated heterocycles. The second-order valence-electron chi connectivity index (χ2n) is 7.02. The van der Waals surface area contributed by atoms with E-state index in [-0.39, 0.29) is 24.8 Å². The van der Waals surface area contributed by atoms with Crippen LogP contribution in [0.15, 0.2) is 42.5 Å². The second kappa shape index (κ2) is 7.80. The van der Waals surface area contributed by atoms with E-state index in [1.807, 2.05) is 42.5 Å². The summed E-state index contributed by atoms with van der Waals surface area (Å²) in [7, 11) is 0. The van der Waals surface area contributed by atoms with Gasteiger partial charge in [0, 0.05) is 6.54 Å². The Bertz CT molecular complexity index is 952. The van der Waals surface area contributed by atoms with Crippen LogP contribution in [0.25, 0.3) is 11.0 Å². The summed E-state index contributed by atoms with van der Waals surface area (Å²) in [6.45, 7) is 4.85. The molecule has 2 heterocycles. The molecule has 3 aromatic rings. The molecule has 3 N–H and O–H groups in total. The van der Waals surface area contributed by atoms with E-state index in [0.717, 1.165) is 34.6 Å². The van der Waals surface area contributed by atoms with Crippen LogP contribution in [-0.4, -0.2) is 22.8 Å². The van der Waals surface area contributed by atoms with Crippen molar-refractivity contribution in [1.82, 2.24) is 20.6 Å². The summed E-state index contributed by atoms with van der Waals surface area (Å²) in [5, 5.41) is 5.98. The molecule has 0 unspecified atom stereocenters. The first-order valence-corrected chi connectivity index (χ1v) is 9.51. The topological polar surface area (TPSA) is 88.3 Å². The molecule has 2 amide bonds. The summed E-state index contributed by atoms with van der Waals surface area (Å²) < 4.78 is 10.7. The first kappa shape index (κ1) is 18.2. The van der Waals surface area contributed by atoms with Crippen molar-refractivity contribution in [3.63, 3.8) is 0 Å². The van der Waals surface area contributed by atoms with Gasteiger partial charge in [-0.2, -0.15) is 0 Å². The number of nitrogens with zero attached hydrogens (tertiary/aromatic N) is 1. The Kier molecular flexibility index (Phi) is 5.06. The van der Waals surface area contributed by atoms with Gasteiger partial charge in [-0.3, -0.25) is 0 Å². The molecule has 0 aliphatic carbocycles. The van der Waals surface area contributed by atoms with E-state index in [9.17, 15) is 4.79 Å². The van der Waals surface area contributed by atoms with E-state index >= 15 is 0 Å². The van der Waals surface area contributed by atoms with Crippen LogP contribution in [0.4, 0.5) is 4.79 Å². The molecule has 7 nitrogen and oxygen atoms in total. The summed E-state index contributed by atoms with van der Waals surface area (Å²) in [6.07, 6.45) is 0.921. The number of fused-ring (bicyclic) bond motifs is 2. The number of urea groups is 1. The minimum absolute atomic E-state index is 0.200. The molecule has 1 aromatic heterocycles. The van der Waals surface area contributed by atoms with Crippen molar-refractivity contribution >= 4 is 17.1 Å². The molecule has 0 saturated carbocycles. The number of imidazole rings is 1. The number of hydrogen-bond donors (Lipinski definition) is 3. The lowest BCUT2D eigenvalue weighted by Gasteiger charge is -2.22. The van der Waals surface area contributed by atoms with Gasteiger partial charge in [0.15, 0.2) is 11.5 Å². The molecule has 1 aliphatic rings. The second-order valence-corrected chi connectivity index (χ2v) is 7.02. The SMILES string of the molecule is CC[C@@H](C)[C@@H](NC(=O)NCc1ccc2c(c1)OCO2)c1nc2ccccc2[nH]1. The van der Waals surface area contributed by atoms with Gasteiger partial charge in [0.25, 0.3) is 0 Å². The predicted octanol–water partition coefficient (Wildman–Crippen LogP) is 3.88. The van der Waals surface area contributed by atoms with Gasteiger partial charge < -0.3 is 25.1 Å². The van der Waals surface area contributed by atoms with Crippen molar-refractivity contribution in [2.24, 2.45) is 5.92 Å². The van der Waals surface area contributed by atoms with E-state index in [4.69, 9.17) is 9.47 Å². The molecule has 28 heavy (non-hydrogen) atoms. The van der Waals surface area contributed by atoms with Gasteiger partial charge in [0.2, 0.25) is 6.79 Å². The molecule has 0 bridgehead atoms. The highest BCUT2D eigenvalue weighted by atomic mass is 16.7. The monoisotopic (exact) mass is 380 g/mol. The third-order valence-electron chi connectivity index (χ3n) is 5.09. The Morgan fingerprint density at radius 1 is 1.21 bits per heavy atom.